The van der Waals surface area contributed by atoms with Crippen molar-refractivity contribution in [3.63, 3.8) is 0 Å². The number of hydrogen-bond acceptors (Lipinski definition) is 4. The fourth-order valence-electron chi connectivity index (χ4n) is 4.64. The van der Waals surface area contributed by atoms with Gasteiger partial charge in [0.25, 0.3) is 5.91 Å². The molecule has 40 heavy (non-hydrogen) atoms. The topological polar surface area (TPSA) is 56.8 Å². The molecule has 1 aliphatic rings. The summed E-state index contributed by atoms with van der Waals surface area (Å²) in [5.74, 6) is -0.615. The number of amides is 2. The molecular formula is C28H26F6N4O2. The minimum Gasteiger partial charge on any atom is -0.368 e. The van der Waals surface area contributed by atoms with Gasteiger partial charge in [0, 0.05) is 57.2 Å². The van der Waals surface area contributed by atoms with Gasteiger partial charge in [0.15, 0.2) is 0 Å². The standard InChI is InChI=1S/C28H26F6N4O2/c1-18-5-6-20(14-24(18)38-10-8-37(17-39)9-11-38)25-23(4-3-7-35-25)26(40)36(2)16-19-12-21(27(29,30)31)15-22(13-19)28(32,33)34/h3-7,12-15,17H,8-11,16H2,1-2H3. The van der Waals surface area contributed by atoms with Crippen molar-refractivity contribution in [1.29, 1.82) is 0 Å². The lowest BCUT2D eigenvalue weighted by Crippen LogP contribution is -2.45. The highest BCUT2D eigenvalue weighted by atomic mass is 19.4. The van der Waals surface area contributed by atoms with Crippen molar-refractivity contribution < 1.29 is 35.9 Å². The molecule has 4 rings (SSSR count). The van der Waals surface area contributed by atoms with Gasteiger partial charge in [-0.2, -0.15) is 26.3 Å². The molecule has 212 valence electrons. The number of alkyl halides is 6. The largest absolute Gasteiger partial charge is 0.416 e. The van der Waals surface area contributed by atoms with Gasteiger partial charge in [-0.15, -0.1) is 0 Å². The number of carbonyl (C=O) groups is 2. The van der Waals surface area contributed by atoms with Crippen molar-refractivity contribution in [2.75, 3.05) is 38.1 Å². The summed E-state index contributed by atoms with van der Waals surface area (Å²) >= 11 is 0. The van der Waals surface area contributed by atoms with E-state index in [4.69, 9.17) is 0 Å². The number of nitrogens with zero attached hydrogens (tertiary/aromatic N) is 4. The monoisotopic (exact) mass is 564 g/mol. The molecule has 2 heterocycles. The van der Waals surface area contributed by atoms with Gasteiger partial charge in [-0.05, 0) is 54.4 Å². The van der Waals surface area contributed by atoms with Crippen LogP contribution in [0.1, 0.15) is 32.6 Å². The van der Waals surface area contributed by atoms with E-state index in [1.807, 2.05) is 19.1 Å². The first-order valence-corrected chi connectivity index (χ1v) is 12.3. The fraction of sp³-hybridized carbons (Fsp3) is 0.321. The van der Waals surface area contributed by atoms with Crippen LogP contribution in [0.3, 0.4) is 0 Å². The average Bonchev–Trinajstić information content (AvgIpc) is 2.92. The molecule has 0 N–H and O–H groups in total. The second kappa shape index (κ2) is 11.2. The Labute approximate surface area is 226 Å². The molecule has 0 atom stereocenters. The normalized spacial score (nSPS) is 14.3. The van der Waals surface area contributed by atoms with E-state index >= 15 is 0 Å². The summed E-state index contributed by atoms with van der Waals surface area (Å²) in [5.41, 5.74) is -0.216. The Bertz CT molecular complexity index is 1370. The Morgan fingerprint density at radius 3 is 2.15 bits per heavy atom. The highest BCUT2D eigenvalue weighted by molar-refractivity contribution is 6.00. The number of pyridine rings is 1. The molecule has 3 aromatic rings. The summed E-state index contributed by atoms with van der Waals surface area (Å²) in [6.45, 7) is 3.83. The average molecular weight is 565 g/mol. The smallest absolute Gasteiger partial charge is 0.368 e. The van der Waals surface area contributed by atoms with Gasteiger partial charge in [0.05, 0.1) is 22.4 Å². The van der Waals surface area contributed by atoms with Gasteiger partial charge < -0.3 is 14.7 Å². The third-order valence-corrected chi connectivity index (χ3v) is 6.74. The van der Waals surface area contributed by atoms with E-state index in [1.165, 1.54) is 25.4 Å². The molecule has 2 amide bonds. The van der Waals surface area contributed by atoms with Crippen LogP contribution in [-0.4, -0.2) is 60.3 Å². The van der Waals surface area contributed by atoms with Crippen LogP contribution >= 0.6 is 0 Å². The van der Waals surface area contributed by atoms with Crippen molar-refractivity contribution in [3.8, 4) is 11.3 Å². The molecule has 0 unspecified atom stereocenters. The maximum Gasteiger partial charge on any atom is 0.416 e. The summed E-state index contributed by atoms with van der Waals surface area (Å²) in [7, 11) is 1.31. The first-order chi connectivity index (χ1) is 18.8. The van der Waals surface area contributed by atoms with Gasteiger partial charge in [-0.3, -0.25) is 14.6 Å². The Morgan fingerprint density at radius 2 is 1.57 bits per heavy atom. The van der Waals surface area contributed by atoms with Crippen LogP contribution in [0.5, 0.6) is 0 Å². The lowest BCUT2D eigenvalue weighted by molar-refractivity contribution is -0.143. The van der Waals surface area contributed by atoms with Crippen LogP contribution in [-0.2, 0) is 23.7 Å². The Morgan fingerprint density at radius 1 is 0.950 bits per heavy atom. The molecule has 0 aliphatic carbocycles. The summed E-state index contributed by atoms with van der Waals surface area (Å²) in [6, 6.07) is 9.87. The molecule has 0 spiro atoms. The van der Waals surface area contributed by atoms with Crippen LogP contribution in [0.15, 0.2) is 54.7 Å². The number of benzene rings is 2. The maximum absolute atomic E-state index is 13.4. The van der Waals surface area contributed by atoms with E-state index in [2.05, 4.69) is 9.88 Å². The summed E-state index contributed by atoms with van der Waals surface area (Å²) in [6.07, 6.45) is -7.67. The van der Waals surface area contributed by atoms with Crippen LogP contribution in [0, 0.1) is 6.92 Å². The molecule has 0 radical (unpaired) electrons. The molecule has 12 heteroatoms. The number of piperazine rings is 1. The van der Waals surface area contributed by atoms with E-state index < -0.39 is 35.9 Å². The number of aryl methyl sites for hydroxylation is 1. The zero-order valence-corrected chi connectivity index (χ0v) is 21.7. The van der Waals surface area contributed by atoms with Gasteiger partial charge in [0.1, 0.15) is 0 Å². The first-order valence-electron chi connectivity index (χ1n) is 12.3. The lowest BCUT2D eigenvalue weighted by Gasteiger charge is -2.35. The second-order valence-corrected chi connectivity index (χ2v) is 9.60. The third kappa shape index (κ3) is 6.37. The van der Waals surface area contributed by atoms with Gasteiger partial charge in [-0.1, -0.05) is 12.1 Å². The fourth-order valence-corrected chi connectivity index (χ4v) is 4.64. The van der Waals surface area contributed by atoms with Crippen molar-refractivity contribution in [1.82, 2.24) is 14.8 Å². The molecule has 6 nitrogen and oxygen atoms in total. The van der Waals surface area contributed by atoms with Gasteiger partial charge >= 0.3 is 12.4 Å². The number of halogens is 6. The van der Waals surface area contributed by atoms with Crippen molar-refractivity contribution in [3.05, 3.63) is 82.5 Å². The van der Waals surface area contributed by atoms with Crippen LogP contribution in [0.2, 0.25) is 0 Å². The molecule has 1 aromatic heterocycles. The lowest BCUT2D eigenvalue weighted by atomic mass is 10.0. The van der Waals surface area contributed by atoms with Gasteiger partial charge in [0.2, 0.25) is 6.41 Å². The van der Waals surface area contributed by atoms with Gasteiger partial charge in [-0.25, -0.2) is 0 Å². The quantitative estimate of drug-likeness (QED) is 0.287. The SMILES string of the molecule is Cc1ccc(-c2ncccc2C(=O)N(C)Cc2cc(C(F)(F)F)cc(C(F)(F)F)c2)cc1N1CCN(C=O)CC1. The van der Waals surface area contributed by atoms with Crippen molar-refractivity contribution in [2.24, 2.45) is 0 Å². The predicted molar refractivity (Wildman–Crippen MR) is 137 cm³/mol. The molecule has 1 fully saturated rings. The zero-order valence-electron chi connectivity index (χ0n) is 21.7. The van der Waals surface area contributed by atoms with Crippen molar-refractivity contribution in [2.45, 2.75) is 25.8 Å². The Kier molecular flexibility index (Phi) is 8.08. The Balaban J connectivity index is 1.63. The number of rotatable bonds is 6. The third-order valence-electron chi connectivity index (χ3n) is 6.74. The van der Waals surface area contributed by atoms with E-state index in [0.29, 0.717) is 49.6 Å². The molecule has 1 aliphatic heterocycles. The summed E-state index contributed by atoms with van der Waals surface area (Å²) in [5, 5.41) is 0. The summed E-state index contributed by atoms with van der Waals surface area (Å²) < 4.78 is 79.8. The zero-order chi connectivity index (χ0) is 29.2. The Hall–Kier alpha value is -4.09. The molecule has 2 aromatic carbocycles. The number of carbonyl (C=O) groups excluding carboxylic acids is 2. The van der Waals surface area contributed by atoms with Crippen molar-refractivity contribution >= 4 is 18.0 Å². The number of hydrogen-bond donors (Lipinski definition) is 0. The highest BCUT2D eigenvalue weighted by Gasteiger charge is 2.37. The molecule has 0 bridgehead atoms. The maximum atomic E-state index is 13.4. The molecule has 0 saturated carbocycles. The predicted octanol–water partition coefficient (Wildman–Crippen LogP) is 5.65. The second-order valence-electron chi connectivity index (χ2n) is 9.60. The highest BCUT2D eigenvalue weighted by Crippen LogP contribution is 2.37. The van der Waals surface area contributed by atoms with Crippen LogP contribution in [0.25, 0.3) is 11.3 Å². The minimum absolute atomic E-state index is 0.0539. The van der Waals surface area contributed by atoms with E-state index in [9.17, 15) is 35.9 Å². The van der Waals surface area contributed by atoms with E-state index in [-0.39, 0.29) is 17.2 Å². The van der Waals surface area contributed by atoms with E-state index in [1.54, 1.807) is 11.0 Å². The number of anilines is 1. The van der Waals surface area contributed by atoms with Crippen LogP contribution < -0.4 is 4.90 Å². The molecular weight excluding hydrogens is 538 g/mol. The molecule has 1 saturated heterocycles. The number of aromatic nitrogens is 1. The first kappa shape index (κ1) is 28.9. The van der Waals surface area contributed by atoms with Crippen LogP contribution in [0.4, 0.5) is 32.0 Å². The van der Waals surface area contributed by atoms with E-state index in [0.717, 1.165) is 22.6 Å². The minimum atomic E-state index is -4.99. The summed E-state index contributed by atoms with van der Waals surface area (Å²) in [4.78, 5) is 33.7.